The van der Waals surface area contributed by atoms with E-state index in [1.165, 1.54) is 11.3 Å². The number of benzene rings is 2. The Morgan fingerprint density at radius 2 is 2.04 bits per heavy atom. The summed E-state index contributed by atoms with van der Waals surface area (Å²) in [6.45, 7) is 1.58. The highest BCUT2D eigenvalue weighted by Gasteiger charge is 2.21. The maximum Gasteiger partial charge on any atom is 0.321 e. The van der Waals surface area contributed by atoms with Crippen molar-refractivity contribution in [2.24, 2.45) is 0 Å². The number of amides is 4. The molecular weight excluding hydrogens is 374 g/mol. The lowest BCUT2D eigenvalue weighted by molar-refractivity contribution is 0.251. The van der Waals surface area contributed by atoms with Crippen LogP contribution in [0.3, 0.4) is 0 Å². The Labute approximate surface area is 166 Å². The van der Waals surface area contributed by atoms with Gasteiger partial charge in [-0.1, -0.05) is 36.4 Å². The summed E-state index contributed by atoms with van der Waals surface area (Å²) in [4.78, 5) is 30.2. The lowest BCUT2D eigenvalue weighted by atomic mass is 10.2. The van der Waals surface area contributed by atoms with Crippen LogP contribution in [0.5, 0.6) is 0 Å². The highest BCUT2D eigenvalue weighted by Crippen LogP contribution is 2.22. The lowest BCUT2D eigenvalue weighted by Gasteiger charge is -2.15. The van der Waals surface area contributed by atoms with E-state index in [4.69, 9.17) is 0 Å². The molecule has 3 N–H and O–H groups in total. The minimum Gasteiger partial charge on any atom is -0.336 e. The molecule has 1 aliphatic rings. The Hall–Kier alpha value is -3.39. The Morgan fingerprint density at radius 3 is 2.82 bits per heavy atom. The molecule has 2 aromatic carbocycles. The molecule has 7 nitrogen and oxygen atoms in total. The van der Waals surface area contributed by atoms with Gasteiger partial charge in [0.1, 0.15) is 5.01 Å². The molecule has 1 aromatic heterocycles. The molecular formula is C20H19N5O2S. The minimum absolute atomic E-state index is 0.125. The number of carbonyl (C=O) groups excluding carboxylic acids is 2. The molecule has 0 atom stereocenters. The standard InChI is InChI=1S/C20H19N5O2S/c26-19(22-12-18-24-17(13-28-18)14-5-2-1-3-6-14)23-15-7-4-8-16(11-15)25-10-9-21-20(25)27/h1-8,11,13H,9-10,12H2,(H,21,27)(H2,22,23,26). The number of aromatic nitrogens is 1. The summed E-state index contributed by atoms with van der Waals surface area (Å²) in [7, 11) is 0. The Morgan fingerprint density at radius 1 is 1.18 bits per heavy atom. The normalized spacial score (nSPS) is 13.3. The zero-order valence-corrected chi connectivity index (χ0v) is 15.8. The summed E-state index contributed by atoms with van der Waals surface area (Å²) in [6, 6.07) is 16.7. The number of nitrogens with zero attached hydrogens (tertiary/aromatic N) is 2. The monoisotopic (exact) mass is 393 g/mol. The molecule has 3 aromatic rings. The average molecular weight is 393 g/mol. The molecule has 2 heterocycles. The van der Waals surface area contributed by atoms with Crippen LogP contribution in [-0.4, -0.2) is 30.1 Å². The van der Waals surface area contributed by atoms with E-state index in [9.17, 15) is 9.59 Å². The number of urea groups is 2. The third-order valence-corrected chi connectivity index (χ3v) is 5.14. The predicted octanol–water partition coefficient (Wildman–Crippen LogP) is 3.66. The highest BCUT2D eigenvalue weighted by molar-refractivity contribution is 7.09. The first kappa shape index (κ1) is 18.0. The second-order valence-corrected chi connectivity index (χ2v) is 7.18. The Kier molecular flexibility index (Phi) is 5.20. The van der Waals surface area contributed by atoms with Gasteiger partial charge in [-0.15, -0.1) is 11.3 Å². The zero-order chi connectivity index (χ0) is 19.3. The fourth-order valence-electron chi connectivity index (χ4n) is 2.93. The van der Waals surface area contributed by atoms with Crippen LogP contribution in [-0.2, 0) is 6.54 Å². The molecule has 0 radical (unpaired) electrons. The first-order valence-electron chi connectivity index (χ1n) is 8.89. The van der Waals surface area contributed by atoms with Gasteiger partial charge in [0, 0.05) is 35.4 Å². The van der Waals surface area contributed by atoms with Crippen LogP contribution >= 0.6 is 11.3 Å². The maximum absolute atomic E-state index is 12.2. The Balaban J connectivity index is 1.34. The molecule has 0 spiro atoms. The van der Waals surface area contributed by atoms with Crippen LogP contribution in [0.1, 0.15) is 5.01 Å². The second-order valence-electron chi connectivity index (χ2n) is 6.23. The summed E-state index contributed by atoms with van der Waals surface area (Å²) in [6.07, 6.45) is 0. The van der Waals surface area contributed by atoms with Gasteiger partial charge in [-0.2, -0.15) is 0 Å². The molecule has 0 unspecified atom stereocenters. The van der Waals surface area contributed by atoms with Gasteiger partial charge in [0.15, 0.2) is 0 Å². The van der Waals surface area contributed by atoms with Crippen LogP contribution in [0.15, 0.2) is 60.0 Å². The van der Waals surface area contributed by atoms with Crippen molar-refractivity contribution >= 4 is 34.8 Å². The van der Waals surface area contributed by atoms with Crippen molar-refractivity contribution in [3.63, 3.8) is 0 Å². The van der Waals surface area contributed by atoms with Crippen molar-refractivity contribution in [1.82, 2.24) is 15.6 Å². The van der Waals surface area contributed by atoms with Crippen molar-refractivity contribution in [3.8, 4) is 11.3 Å². The number of hydrogen-bond acceptors (Lipinski definition) is 4. The number of thiazole rings is 1. The van der Waals surface area contributed by atoms with E-state index in [0.717, 1.165) is 22.0 Å². The zero-order valence-electron chi connectivity index (χ0n) is 15.0. The van der Waals surface area contributed by atoms with Crippen LogP contribution in [0, 0.1) is 0 Å². The maximum atomic E-state index is 12.2. The van der Waals surface area contributed by atoms with Crippen molar-refractivity contribution in [3.05, 3.63) is 65.0 Å². The van der Waals surface area contributed by atoms with Crippen molar-refractivity contribution in [2.75, 3.05) is 23.3 Å². The van der Waals surface area contributed by atoms with E-state index in [1.807, 2.05) is 47.8 Å². The molecule has 8 heteroatoms. The van der Waals surface area contributed by atoms with Crippen molar-refractivity contribution < 1.29 is 9.59 Å². The van der Waals surface area contributed by atoms with Gasteiger partial charge in [0.2, 0.25) is 0 Å². The fourth-order valence-corrected chi connectivity index (χ4v) is 3.68. The molecule has 1 aliphatic heterocycles. The van der Waals surface area contributed by atoms with Crippen LogP contribution in [0.2, 0.25) is 0 Å². The van der Waals surface area contributed by atoms with Gasteiger partial charge in [-0.3, -0.25) is 4.90 Å². The SMILES string of the molecule is O=C(NCc1nc(-c2ccccc2)cs1)Nc1cccc(N2CCNC2=O)c1. The van der Waals surface area contributed by atoms with Crippen LogP contribution in [0.4, 0.5) is 21.0 Å². The number of carbonyl (C=O) groups is 2. The quantitative estimate of drug-likeness (QED) is 0.618. The lowest BCUT2D eigenvalue weighted by Crippen LogP contribution is -2.29. The third kappa shape index (κ3) is 4.12. The highest BCUT2D eigenvalue weighted by atomic mass is 32.1. The van der Waals surface area contributed by atoms with Gasteiger partial charge in [0.05, 0.1) is 12.2 Å². The topological polar surface area (TPSA) is 86.4 Å². The van der Waals surface area contributed by atoms with Gasteiger partial charge < -0.3 is 16.0 Å². The molecule has 142 valence electrons. The molecule has 0 aliphatic carbocycles. The van der Waals surface area contributed by atoms with E-state index in [2.05, 4.69) is 20.9 Å². The summed E-state index contributed by atoms with van der Waals surface area (Å²) in [5, 5.41) is 11.2. The van der Waals surface area contributed by atoms with E-state index in [0.29, 0.717) is 25.3 Å². The first-order valence-corrected chi connectivity index (χ1v) is 9.77. The number of rotatable bonds is 5. The van der Waals surface area contributed by atoms with Gasteiger partial charge in [-0.25, -0.2) is 14.6 Å². The van der Waals surface area contributed by atoms with Crippen molar-refractivity contribution in [2.45, 2.75) is 6.54 Å². The molecule has 28 heavy (non-hydrogen) atoms. The number of hydrogen-bond donors (Lipinski definition) is 3. The summed E-state index contributed by atoms with van der Waals surface area (Å²) in [5.41, 5.74) is 3.33. The molecule has 1 saturated heterocycles. The minimum atomic E-state index is -0.320. The average Bonchev–Trinajstić information content (AvgIpc) is 3.36. The molecule has 0 bridgehead atoms. The molecule has 1 fully saturated rings. The number of anilines is 2. The van der Waals surface area contributed by atoms with Gasteiger partial charge >= 0.3 is 12.1 Å². The molecule has 4 amide bonds. The summed E-state index contributed by atoms with van der Waals surface area (Å²) in [5.74, 6) is 0. The first-order chi connectivity index (χ1) is 13.7. The molecule has 4 rings (SSSR count). The number of nitrogens with one attached hydrogen (secondary N) is 3. The van der Waals surface area contributed by atoms with E-state index >= 15 is 0 Å². The Bertz CT molecular complexity index is 989. The van der Waals surface area contributed by atoms with E-state index in [1.54, 1.807) is 17.0 Å². The predicted molar refractivity (Wildman–Crippen MR) is 111 cm³/mol. The van der Waals surface area contributed by atoms with Gasteiger partial charge in [0.25, 0.3) is 0 Å². The van der Waals surface area contributed by atoms with Crippen LogP contribution in [0.25, 0.3) is 11.3 Å². The van der Waals surface area contributed by atoms with Crippen molar-refractivity contribution in [1.29, 1.82) is 0 Å². The summed E-state index contributed by atoms with van der Waals surface area (Å²) >= 11 is 1.51. The summed E-state index contributed by atoms with van der Waals surface area (Å²) < 4.78 is 0. The largest absolute Gasteiger partial charge is 0.336 e. The second kappa shape index (κ2) is 8.10. The van der Waals surface area contributed by atoms with Crippen LogP contribution < -0.4 is 20.9 Å². The van der Waals surface area contributed by atoms with Gasteiger partial charge in [-0.05, 0) is 18.2 Å². The fraction of sp³-hybridized carbons (Fsp3) is 0.150. The smallest absolute Gasteiger partial charge is 0.321 e. The van der Waals surface area contributed by atoms with E-state index < -0.39 is 0 Å². The molecule has 0 saturated carbocycles. The third-order valence-electron chi connectivity index (χ3n) is 4.29. The van der Waals surface area contributed by atoms with E-state index in [-0.39, 0.29) is 12.1 Å².